The molecule has 15 nitrogen and oxygen atoms in total. The van der Waals surface area contributed by atoms with Crippen LogP contribution in [0, 0.1) is 5.92 Å². The van der Waals surface area contributed by atoms with Crippen molar-refractivity contribution >= 4 is 62.7 Å². The average Bonchev–Trinajstić information content (AvgIpc) is 3.33. The van der Waals surface area contributed by atoms with Gasteiger partial charge in [-0.1, -0.05) is 0 Å². The van der Waals surface area contributed by atoms with E-state index in [4.69, 9.17) is 15.6 Å². The van der Waals surface area contributed by atoms with Crippen LogP contribution in [0.5, 0.6) is 0 Å². The van der Waals surface area contributed by atoms with Gasteiger partial charge in [-0.05, 0) is 0 Å². The van der Waals surface area contributed by atoms with E-state index < -0.39 is 107 Å². The first-order valence-electron chi connectivity index (χ1n) is 9.38. The van der Waals surface area contributed by atoms with E-state index in [9.17, 15) is 36.1 Å². The maximum absolute atomic E-state index is 13.6. The maximum atomic E-state index is 13.6. The van der Waals surface area contributed by atoms with Gasteiger partial charge in [-0.15, -0.1) is 0 Å². The normalized spacial score (nSPS) is 31.7. The number of nitrogens with two attached hydrogens (primary N) is 1. The van der Waals surface area contributed by atoms with Gasteiger partial charge in [0.15, 0.2) is 0 Å². The SMILES string of the molecule is Nc1nc(/C(=N/OCC(=O)O)C(=O)N[C@@H]2C(=O)N3[C@@H]2[S@](=O)C[C@@H]2[C@H]([I-]F)C(=O)O[C@@]23C(=O)O)cs1. The molecule has 19 heteroatoms. The minimum absolute atomic E-state index is 0.0423. The number of ether oxygens (including phenoxy) is 1. The second kappa shape index (κ2) is 9.26. The van der Waals surface area contributed by atoms with Gasteiger partial charge in [-0.3, -0.25) is 0 Å². The second-order valence-corrected chi connectivity index (χ2v) is 11.6. The molecule has 0 radical (unpaired) electrons. The Morgan fingerprint density at radius 1 is 1.46 bits per heavy atom. The molecule has 6 atom stereocenters. The molecule has 35 heavy (non-hydrogen) atoms. The van der Waals surface area contributed by atoms with Gasteiger partial charge in [-0.2, -0.15) is 0 Å². The first kappa shape index (κ1) is 25.2. The number of fused-ring (bicyclic) bond motifs is 3. The molecule has 3 aliphatic heterocycles. The van der Waals surface area contributed by atoms with Crippen molar-refractivity contribution in [3.63, 3.8) is 0 Å². The first-order valence-corrected chi connectivity index (χ1v) is 13.7. The summed E-state index contributed by atoms with van der Waals surface area (Å²) in [6.45, 7) is -0.897. The predicted octanol–water partition coefficient (Wildman–Crippen LogP) is -5.76. The third-order valence-electron chi connectivity index (χ3n) is 5.36. The quantitative estimate of drug-likeness (QED) is 0.0518. The van der Waals surface area contributed by atoms with E-state index in [0.717, 1.165) is 11.3 Å². The fourth-order valence-electron chi connectivity index (χ4n) is 3.93. The fourth-order valence-corrected chi connectivity index (χ4v) is 8.16. The number of carboxylic acid groups (broad SMARTS) is 2. The summed E-state index contributed by atoms with van der Waals surface area (Å²) in [5, 5.41) is 24.2. The summed E-state index contributed by atoms with van der Waals surface area (Å²) in [6, 6.07) is -1.51. The Labute approximate surface area is 211 Å². The number of anilines is 1. The summed E-state index contributed by atoms with van der Waals surface area (Å²) < 4.78 is 30.1. The molecule has 0 saturated carbocycles. The van der Waals surface area contributed by atoms with Crippen LogP contribution in [0.4, 0.5) is 7.99 Å². The predicted molar refractivity (Wildman–Crippen MR) is 107 cm³/mol. The summed E-state index contributed by atoms with van der Waals surface area (Å²) in [6.07, 6.45) is 0. The molecule has 0 unspecified atom stereocenters. The average molecular weight is 646 g/mol. The number of nitrogens with one attached hydrogen (secondary N) is 1. The molecule has 1 aromatic rings. The Bertz CT molecular complexity index is 1200. The topological polar surface area (TPSA) is 228 Å². The van der Waals surface area contributed by atoms with Crippen molar-refractivity contribution in [1.82, 2.24) is 15.2 Å². The molecule has 190 valence electrons. The number of oxime groups is 1. The molecule has 0 spiro atoms. The van der Waals surface area contributed by atoms with E-state index in [1.807, 2.05) is 0 Å². The van der Waals surface area contributed by atoms with E-state index >= 15 is 0 Å². The molecular formula is C16H14FIN5O10S2-. The molecule has 4 heterocycles. The molecule has 1 aromatic heterocycles. The number of aliphatic carboxylic acids is 2. The van der Waals surface area contributed by atoms with Gasteiger partial charge < -0.3 is 10.8 Å². The second-order valence-electron chi connectivity index (χ2n) is 7.29. The van der Waals surface area contributed by atoms with Crippen LogP contribution in [-0.2, 0) is 44.3 Å². The number of esters is 1. The minimum atomic E-state index is -2.53. The van der Waals surface area contributed by atoms with Crippen LogP contribution in [0.15, 0.2) is 10.5 Å². The molecule has 4 rings (SSSR count). The Balaban J connectivity index is 1.61. The number of aromatic nitrogens is 1. The van der Waals surface area contributed by atoms with Gasteiger partial charge in [-0.25, -0.2) is 4.79 Å². The molecule has 2 amide bonds. The number of hydrogen-bond donors (Lipinski definition) is 4. The number of nitrogens with zero attached hydrogens (tertiary/aromatic N) is 3. The number of nitrogen functional groups attached to an aromatic ring is 1. The van der Waals surface area contributed by atoms with Crippen molar-refractivity contribution in [2.24, 2.45) is 11.1 Å². The van der Waals surface area contributed by atoms with Gasteiger partial charge in [0.2, 0.25) is 0 Å². The number of amides is 2. The Hall–Kier alpha value is -2.94. The van der Waals surface area contributed by atoms with Crippen molar-refractivity contribution in [3.8, 4) is 0 Å². The number of hydrogen-bond acceptors (Lipinski definition) is 12. The standard InChI is InChI=1S/C16H14FIN5O10S2/c17-18-7-4-3-35(31)12-9(11(27)23(12)16(4,14(29)30)33-13(7)28)21-10(26)8(22-32-1-6(24)25)5-2-34-15(19)20-5/h2,4,7,9,12H,1,3H2,(H2,19,20)(H,21,26)(H,24,25)(H,29,30)/q-1/b22-8-/t4-,7+,9-,12-,16-,35-/m1/s1. The third kappa shape index (κ3) is 3.99. The number of carbonyl (C=O) groups is 5. The van der Waals surface area contributed by atoms with Crippen LogP contribution in [0.25, 0.3) is 0 Å². The number of rotatable bonds is 8. The van der Waals surface area contributed by atoms with Crippen molar-refractivity contribution in [2.45, 2.75) is 21.1 Å². The number of carboxylic acids is 2. The van der Waals surface area contributed by atoms with Gasteiger partial charge in [0.1, 0.15) is 0 Å². The van der Waals surface area contributed by atoms with Crippen LogP contribution < -0.4 is 32.8 Å². The third-order valence-corrected chi connectivity index (χ3v) is 9.62. The summed E-state index contributed by atoms with van der Waals surface area (Å²) in [5.74, 6) is -8.14. The Morgan fingerprint density at radius 3 is 2.74 bits per heavy atom. The van der Waals surface area contributed by atoms with Crippen LogP contribution >= 0.6 is 11.3 Å². The number of thiazole rings is 1. The zero-order valence-corrected chi connectivity index (χ0v) is 20.7. The molecular weight excluding hydrogens is 632 g/mol. The number of alkyl halides is 1. The molecule has 0 bridgehead atoms. The van der Waals surface area contributed by atoms with Crippen LogP contribution in [0.3, 0.4) is 0 Å². The van der Waals surface area contributed by atoms with Gasteiger partial charge in [0.25, 0.3) is 0 Å². The van der Waals surface area contributed by atoms with Gasteiger partial charge >= 0.3 is 196 Å². The molecule has 3 fully saturated rings. The van der Waals surface area contributed by atoms with Crippen LogP contribution in [0.1, 0.15) is 5.69 Å². The van der Waals surface area contributed by atoms with E-state index in [1.165, 1.54) is 5.38 Å². The van der Waals surface area contributed by atoms with E-state index in [1.54, 1.807) is 0 Å². The van der Waals surface area contributed by atoms with Gasteiger partial charge in [0.05, 0.1) is 0 Å². The summed E-state index contributed by atoms with van der Waals surface area (Å²) in [7, 11) is -1.99. The monoisotopic (exact) mass is 646 g/mol. The first-order chi connectivity index (χ1) is 16.5. The Kier molecular flexibility index (Phi) is 6.66. The zero-order valence-electron chi connectivity index (χ0n) is 17.0. The number of carbonyl (C=O) groups excluding carboxylic acids is 3. The molecule has 5 N–H and O–H groups in total. The van der Waals surface area contributed by atoms with Crippen molar-refractivity contribution in [2.75, 3.05) is 18.1 Å². The van der Waals surface area contributed by atoms with Crippen LogP contribution in [-0.4, -0.2) is 93.2 Å². The molecule has 3 aliphatic rings. The van der Waals surface area contributed by atoms with E-state index in [2.05, 4.69) is 20.3 Å². The van der Waals surface area contributed by atoms with Crippen molar-refractivity contribution in [1.29, 1.82) is 0 Å². The summed E-state index contributed by atoms with van der Waals surface area (Å²) >= 11 is -1.39. The Morgan fingerprint density at radius 2 is 2.17 bits per heavy atom. The zero-order chi connectivity index (χ0) is 25.7. The summed E-state index contributed by atoms with van der Waals surface area (Å²) in [4.78, 5) is 69.8. The molecule has 0 aliphatic carbocycles. The molecule has 0 aromatic carbocycles. The van der Waals surface area contributed by atoms with E-state index in [0.29, 0.717) is 4.90 Å². The molecule has 3 saturated heterocycles. The number of β-lactam (4-membered cyclic amide) rings is 1. The van der Waals surface area contributed by atoms with Crippen LogP contribution in [0.2, 0.25) is 0 Å². The number of halogens is 2. The van der Waals surface area contributed by atoms with Gasteiger partial charge in [0, 0.05) is 0 Å². The summed E-state index contributed by atoms with van der Waals surface area (Å²) in [5.41, 5.74) is 2.36. The van der Waals surface area contributed by atoms with E-state index in [-0.39, 0.29) is 10.8 Å². The van der Waals surface area contributed by atoms with Crippen molar-refractivity contribution < 1.29 is 72.6 Å². The fraction of sp³-hybridized carbons (Fsp3) is 0.438. The van der Waals surface area contributed by atoms with Crippen molar-refractivity contribution in [3.05, 3.63) is 11.1 Å².